The van der Waals surface area contributed by atoms with Gasteiger partial charge in [0.15, 0.2) is 0 Å². The summed E-state index contributed by atoms with van der Waals surface area (Å²) in [6, 6.07) is 0.530. The Kier molecular flexibility index (Phi) is 9.75. The summed E-state index contributed by atoms with van der Waals surface area (Å²) in [5, 5.41) is 14.1. The van der Waals surface area contributed by atoms with Crippen molar-refractivity contribution in [1.82, 2.24) is 17.6 Å². The second-order valence-electron chi connectivity index (χ2n) is 12.2. The topological polar surface area (TPSA) is 111 Å². The van der Waals surface area contributed by atoms with Gasteiger partial charge in [0.1, 0.15) is 0 Å². The second-order valence-corrected chi connectivity index (χ2v) is 15.5. The van der Waals surface area contributed by atoms with Crippen LogP contribution in [-0.4, -0.2) is 35.5 Å². The summed E-state index contributed by atoms with van der Waals surface area (Å²) in [5.41, 5.74) is 5.25. The van der Waals surface area contributed by atoms with Crippen molar-refractivity contribution >= 4 is 18.8 Å². The molecule has 204 valence electrons. The van der Waals surface area contributed by atoms with Gasteiger partial charge in [0.2, 0.25) is 0 Å². The van der Waals surface area contributed by atoms with Crippen molar-refractivity contribution in [3.05, 3.63) is 22.8 Å². The van der Waals surface area contributed by atoms with E-state index in [-0.39, 0.29) is 24.0 Å². The number of rotatable bonds is 0. The standard InChI is InChI=1S/C27H41NO2.2ClH.2H3N.Pt/c1-15-11-24-25(28-14-15)17(3)27(30-24)10-8-20-21-6-5-18-12-19(29)7-9-26(18,4)23(21)13-22(20)16(27)2;;;;;/h5,15,17,19-21,23-25,28-29H,6-14H2,1-4H3;2*1H;2*1H3;/q;;;;;+4/p-2/t15-,17+,19-,20-,21-,23-,24+,25-,26-,27-;;;;;/m0...../s1. The number of piperidine rings is 1. The first-order chi connectivity index (χ1) is 15.7. The number of nitrogens with one attached hydrogen (secondary N) is 1. The molecule has 0 aromatic carbocycles. The summed E-state index contributed by atoms with van der Waals surface area (Å²) in [7, 11) is 9.75. The molecule has 2 saturated carbocycles. The van der Waals surface area contributed by atoms with Crippen LogP contribution in [0, 0.1) is 35.0 Å². The zero-order valence-corrected chi connectivity index (χ0v) is 25.7. The van der Waals surface area contributed by atoms with Crippen LogP contribution in [0.4, 0.5) is 0 Å². The Morgan fingerprint density at radius 1 is 1.14 bits per heavy atom. The van der Waals surface area contributed by atoms with Gasteiger partial charge in [-0.05, 0) is 99.5 Å². The van der Waals surface area contributed by atoms with Gasteiger partial charge in [-0.15, -0.1) is 0 Å². The predicted molar refractivity (Wildman–Crippen MR) is 142 cm³/mol. The van der Waals surface area contributed by atoms with Crippen molar-refractivity contribution < 1.29 is 26.3 Å². The Bertz CT molecular complexity index is 841. The van der Waals surface area contributed by atoms with Crippen LogP contribution in [0.5, 0.6) is 0 Å². The fourth-order valence-corrected chi connectivity index (χ4v) is 9.09. The third-order valence-corrected chi connectivity index (χ3v) is 10.9. The Hall–Kier alpha value is 0.548. The van der Waals surface area contributed by atoms with E-state index in [1.54, 1.807) is 16.7 Å². The van der Waals surface area contributed by atoms with Crippen LogP contribution in [0.3, 0.4) is 0 Å². The molecule has 0 radical (unpaired) electrons. The quantitative estimate of drug-likeness (QED) is 0.209. The number of fused-ring (bicyclic) bond motifs is 6. The van der Waals surface area contributed by atoms with E-state index in [0.29, 0.717) is 23.5 Å². The zero-order valence-electron chi connectivity index (χ0n) is 21.9. The third kappa shape index (κ3) is 4.78. The van der Waals surface area contributed by atoms with Gasteiger partial charge in [0.05, 0.1) is 17.8 Å². The summed E-state index contributed by atoms with van der Waals surface area (Å²) in [5.74, 6) is 3.64. The van der Waals surface area contributed by atoms with Crippen LogP contribution in [-0.2, 0) is 21.2 Å². The molecule has 0 amide bonds. The molecule has 4 fully saturated rings. The predicted octanol–water partition coefficient (Wildman–Crippen LogP) is 6.70. The van der Waals surface area contributed by atoms with Crippen LogP contribution in [0.1, 0.15) is 79.1 Å². The second kappa shape index (κ2) is 11.3. The van der Waals surface area contributed by atoms with Crippen LogP contribution in [0.2, 0.25) is 0 Å². The summed E-state index contributed by atoms with van der Waals surface area (Å²) in [6.45, 7) is 10.9. The molecule has 0 aromatic heterocycles. The molecule has 10 atom stereocenters. The molecule has 2 saturated heterocycles. The Morgan fingerprint density at radius 2 is 1.86 bits per heavy atom. The summed E-state index contributed by atoms with van der Waals surface area (Å²) in [6.07, 6.45) is 12.2. The van der Waals surface area contributed by atoms with Gasteiger partial charge in [-0.2, -0.15) is 0 Å². The molecule has 6 aliphatic rings. The molecule has 6 rings (SSSR count). The summed E-state index contributed by atoms with van der Waals surface area (Å²) >= 11 is -0.472. The summed E-state index contributed by atoms with van der Waals surface area (Å²) in [4.78, 5) is 0. The fourth-order valence-electron chi connectivity index (χ4n) is 9.09. The van der Waals surface area contributed by atoms with E-state index < -0.39 is 16.5 Å². The SMILES string of the molecule is CC1=C2C[C@H]3[C@@H](CC=C4C[C@@H](O)CC[C@@]43C)[C@@H]2CC[C@]12O[C@@H]1C[C@H](C)CN[C@H]1[C@H]2C.N.N.[Cl][Pt+2][Cl]. The average Bonchev–Trinajstić information content (AvgIpc) is 3.29. The number of allylic oxidation sites excluding steroid dienone is 2. The normalized spacial score (nSPS) is 47.8. The minimum absolute atomic E-state index is 0. The molecule has 4 aliphatic carbocycles. The molecule has 8 heteroatoms. The minimum atomic E-state index is -0.472. The van der Waals surface area contributed by atoms with Gasteiger partial charge in [-0.25, -0.2) is 0 Å². The Balaban J connectivity index is 0.000000653. The van der Waals surface area contributed by atoms with E-state index in [0.717, 1.165) is 43.1 Å². The first kappa shape index (κ1) is 30.1. The fraction of sp³-hybridized carbons (Fsp3) is 0.852. The molecular formula is C27H47Cl2N3O2Pt+2. The number of hydrogen-bond donors (Lipinski definition) is 4. The molecule has 8 N–H and O–H groups in total. The Morgan fingerprint density at radius 3 is 2.57 bits per heavy atom. The number of halogens is 2. The molecule has 1 spiro atoms. The van der Waals surface area contributed by atoms with E-state index >= 15 is 0 Å². The molecule has 0 aromatic rings. The van der Waals surface area contributed by atoms with Crippen molar-refractivity contribution in [2.75, 3.05) is 6.54 Å². The summed E-state index contributed by atoms with van der Waals surface area (Å²) < 4.78 is 7.03. The molecule has 0 unspecified atom stereocenters. The van der Waals surface area contributed by atoms with Gasteiger partial charge in [0, 0.05) is 12.0 Å². The van der Waals surface area contributed by atoms with E-state index in [4.69, 9.17) is 23.6 Å². The van der Waals surface area contributed by atoms with Crippen LogP contribution < -0.4 is 17.6 Å². The monoisotopic (exact) mass is 710 g/mol. The van der Waals surface area contributed by atoms with Gasteiger partial charge in [0.25, 0.3) is 0 Å². The van der Waals surface area contributed by atoms with Crippen LogP contribution >= 0.6 is 18.8 Å². The number of aliphatic hydroxyl groups is 1. The molecule has 2 aliphatic heterocycles. The first-order valence-electron chi connectivity index (χ1n) is 13.1. The maximum atomic E-state index is 10.3. The number of ether oxygens (including phenoxy) is 1. The van der Waals surface area contributed by atoms with Crippen molar-refractivity contribution in [1.29, 1.82) is 0 Å². The van der Waals surface area contributed by atoms with Gasteiger partial charge in [-0.3, -0.25) is 0 Å². The van der Waals surface area contributed by atoms with E-state index in [9.17, 15) is 5.11 Å². The van der Waals surface area contributed by atoms with Gasteiger partial charge < -0.3 is 27.5 Å². The van der Waals surface area contributed by atoms with E-state index in [1.165, 1.54) is 38.5 Å². The molecule has 5 nitrogen and oxygen atoms in total. The number of hydrogen-bond acceptors (Lipinski definition) is 5. The average molecular weight is 712 g/mol. The van der Waals surface area contributed by atoms with Gasteiger partial charge >= 0.3 is 35.3 Å². The molecular weight excluding hydrogens is 664 g/mol. The molecule has 35 heavy (non-hydrogen) atoms. The van der Waals surface area contributed by atoms with Crippen molar-refractivity contribution in [3.63, 3.8) is 0 Å². The van der Waals surface area contributed by atoms with Crippen LogP contribution in [0.25, 0.3) is 0 Å². The molecule has 2 heterocycles. The van der Waals surface area contributed by atoms with Crippen LogP contribution in [0.15, 0.2) is 22.8 Å². The third-order valence-electron chi connectivity index (χ3n) is 10.9. The van der Waals surface area contributed by atoms with Gasteiger partial charge in [-0.1, -0.05) is 38.0 Å². The molecule has 0 bridgehead atoms. The Labute approximate surface area is 229 Å². The zero-order chi connectivity index (χ0) is 23.5. The van der Waals surface area contributed by atoms with E-state index in [2.05, 4.69) is 39.1 Å². The van der Waals surface area contributed by atoms with E-state index in [1.807, 2.05) is 0 Å². The number of aliphatic hydroxyl groups excluding tert-OH is 1. The van der Waals surface area contributed by atoms with Crippen molar-refractivity contribution in [2.24, 2.45) is 35.0 Å². The van der Waals surface area contributed by atoms with Crippen molar-refractivity contribution in [2.45, 2.75) is 103 Å². The van der Waals surface area contributed by atoms with Crippen molar-refractivity contribution in [3.8, 4) is 0 Å². The maximum absolute atomic E-state index is 10.3. The first-order valence-corrected chi connectivity index (χ1v) is 18.7.